The Balaban J connectivity index is 1.79. The van der Waals surface area contributed by atoms with E-state index < -0.39 is 0 Å². The van der Waals surface area contributed by atoms with E-state index in [4.69, 9.17) is 11.6 Å². The first-order valence-corrected chi connectivity index (χ1v) is 8.53. The predicted octanol–water partition coefficient (Wildman–Crippen LogP) is 4.91. The van der Waals surface area contributed by atoms with E-state index in [-0.39, 0.29) is 5.82 Å². The van der Waals surface area contributed by atoms with E-state index in [1.807, 2.05) is 23.6 Å². The summed E-state index contributed by atoms with van der Waals surface area (Å²) < 4.78 is 15.6. The van der Waals surface area contributed by atoms with Crippen molar-refractivity contribution in [3.05, 3.63) is 71.5 Å². The number of imidazole rings is 1. The fourth-order valence-corrected chi connectivity index (χ4v) is 3.02. The number of benzene rings is 2. The van der Waals surface area contributed by atoms with Gasteiger partial charge in [-0.15, -0.1) is 0 Å². The lowest BCUT2D eigenvalue weighted by molar-refractivity contribution is 0.629. The summed E-state index contributed by atoms with van der Waals surface area (Å²) in [5.41, 5.74) is 2.19. The summed E-state index contributed by atoms with van der Waals surface area (Å²) in [5.74, 6) is 1.61. The van der Waals surface area contributed by atoms with E-state index in [2.05, 4.69) is 20.3 Å². The molecule has 0 saturated heterocycles. The Morgan fingerprint density at radius 2 is 2.00 bits per heavy atom. The lowest BCUT2D eigenvalue weighted by Crippen LogP contribution is -2.05. The molecule has 0 aliphatic heterocycles. The molecule has 0 unspecified atom stereocenters. The molecule has 7 heteroatoms. The number of fused-ring (bicyclic) bond motifs is 1. The maximum Gasteiger partial charge on any atom is 0.159 e. The van der Waals surface area contributed by atoms with E-state index in [0.717, 1.165) is 17.0 Å². The first kappa shape index (κ1) is 16.5. The highest BCUT2D eigenvalue weighted by molar-refractivity contribution is 6.30. The quantitative estimate of drug-likeness (QED) is 0.556. The molecule has 0 saturated carbocycles. The third kappa shape index (κ3) is 3.11. The second kappa shape index (κ2) is 6.72. The number of hydrogen-bond donors (Lipinski definition) is 1. The van der Waals surface area contributed by atoms with Crippen LogP contribution >= 0.6 is 11.6 Å². The Morgan fingerprint density at radius 3 is 2.81 bits per heavy atom. The zero-order chi connectivity index (χ0) is 18.1. The number of nitrogens with zero attached hydrogens (tertiary/aromatic N) is 4. The van der Waals surface area contributed by atoms with Crippen LogP contribution in [0.2, 0.25) is 5.02 Å². The van der Waals surface area contributed by atoms with Crippen LogP contribution in [0.15, 0.2) is 54.9 Å². The van der Waals surface area contributed by atoms with Crippen molar-refractivity contribution in [1.82, 2.24) is 19.5 Å². The van der Waals surface area contributed by atoms with E-state index in [1.54, 1.807) is 30.6 Å². The molecule has 0 aliphatic carbocycles. The molecule has 4 rings (SSSR count). The highest BCUT2D eigenvalue weighted by atomic mass is 35.5. The minimum absolute atomic E-state index is 0.317. The molecule has 5 nitrogen and oxygen atoms in total. The molecule has 0 atom stereocenters. The summed E-state index contributed by atoms with van der Waals surface area (Å²) in [6.45, 7) is 2.00. The molecule has 0 amide bonds. The number of rotatable bonds is 4. The summed E-state index contributed by atoms with van der Waals surface area (Å²) in [5, 5.41) is 3.81. The number of aryl methyl sites for hydroxylation is 1. The smallest absolute Gasteiger partial charge is 0.159 e. The number of hydrogen-bond acceptors (Lipinski definition) is 4. The third-order valence-electron chi connectivity index (χ3n) is 3.95. The Labute approximate surface area is 154 Å². The van der Waals surface area contributed by atoms with Gasteiger partial charge in [0, 0.05) is 23.2 Å². The highest BCUT2D eigenvalue weighted by Crippen LogP contribution is 2.23. The maximum absolute atomic E-state index is 13.7. The van der Waals surface area contributed by atoms with Crippen LogP contribution in [0.3, 0.4) is 0 Å². The van der Waals surface area contributed by atoms with Crippen molar-refractivity contribution in [3.63, 3.8) is 0 Å². The van der Waals surface area contributed by atoms with Crippen LogP contribution in [0.1, 0.15) is 12.7 Å². The zero-order valence-electron chi connectivity index (χ0n) is 13.9. The Bertz CT molecular complexity index is 1090. The molecule has 130 valence electrons. The fraction of sp³-hybridized carbons (Fsp3) is 0.105. The fourth-order valence-electron chi connectivity index (χ4n) is 2.83. The molecule has 1 N–H and O–H groups in total. The standard InChI is InChI=1S/C19H15ClFN5/c1-2-18-24-15-7-6-13(21)9-16(15)26(18)19-11-22-10-17(25-19)23-14-5-3-4-12(20)8-14/h3-11H,2H2,1H3,(H,23,25). The molecule has 0 aliphatic rings. The van der Waals surface area contributed by atoms with E-state index >= 15 is 0 Å². The van der Waals surface area contributed by atoms with Crippen LogP contribution in [0.5, 0.6) is 0 Å². The normalized spacial score (nSPS) is 11.0. The lowest BCUT2D eigenvalue weighted by Gasteiger charge is -2.10. The van der Waals surface area contributed by atoms with Crippen molar-refractivity contribution in [2.24, 2.45) is 0 Å². The average Bonchev–Trinajstić information content (AvgIpc) is 2.99. The molecule has 0 spiro atoms. The van der Waals surface area contributed by atoms with E-state index in [0.29, 0.717) is 28.6 Å². The maximum atomic E-state index is 13.7. The summed E-state index contributed by atoms with van der Waals surface area (Å²) in [4.78, 5) is 13.4. The van der Waals surface area contributed by atoms with E-state index in [9.17, 15) is 4.39 Å². The molecular weight excluding hydrogens is 353 g/mol. The summed E-state index contributed by atoms with van der Waals surface area (Å²) in [6.07, 6.45) is 3.94. The molecule has 2 aromatic heterocycles. The monoisotopic (exact) mass is 367 g/mol. The van der Waals surface area contributed by atoms with Crippen LogP contribution in [-0.2, 0) is 6.42 Å². The lowest BCUT2D eigenvalue weighted by atomic mass is 10.3. The van der Waals surface area contributed by atoms with Gasteiger partial charge in [-0.2, -0.15) is 0 Å². The van der Waals surface area contributed by atoms with Gasteiger partial charge >= 0.3 is 0 Å². The summed E-state index contributed by atoms with van der Waals surface area (Å²) >= 11 is 6.02. The van der Waals surface area contributed by atoms with Crippen molar-refractivity contribution >= 4 is 34.1 Å². The molecular formula is C19H15ClFN5. The third-order valence-corrected chi connectivity index (χ3v) is 4.19. The Hall–Kier alpha value is -2.99. The highest BCUT2D eigenvalue weighted by Gasteiger charge is 2.14. The van der Waals surface area contributed by atoms with Gasteiger partial charge in [-0.25, -0.2) is 14.4 Å². The van der Waals surface area contributed by atoms with Crippen LogP contribution in [0, 0.1) is 5.82 Å². The van der Waals surface area contributed by atoms with Crippen molar-refractivity contribution in [3.8, 4) is 5.82 Å². The van der Waals surface area contributed by atoms with Crippen molar-refractivity contribution in [1.29, 1.82) is 0 Å². The zero-order valence-corrected chi connectivity index (χ0v) is 14.7. The summed E-state index contributed by atoms with van der Waals surface area (Å²) in [6, 6.07) is 11.9. The first-order valence-electron chi connectivity index (χ1n) is 8.16. The number of anilines is 2. The van der Waals surface area contributed by atoms with Crippen molar-refractivity contribution in [2.45, 2.75) is 13.3 Å². The van der Waals surface area contributed by atoms with Crippen LogP contribution in [-0.4, -0.2) is 19.5 Å². The summed E-state index contributed by atoms with van der Waals surface area (Å²) in [7, 11) is 0. The van der Waals surface area contributed by atoms with Crippen LogP contribution in [0.4, 0.5) is 15.9 Å². The molecule has 0 bridgehead atoms. The van der Waals surface area contributed by atoms with Gasteiger partial charge in [0.2, 0.25) is 0 Å². The van der Waals surface area contributed by atoms with Gasteiger partial charge in [-0.1, -0.05) is 24.6 Å². The minimum Gasteiger partial charge on any atom is -0.339 e. The van der Waals surface area contributed by atoms with Gasteiger partial charge in [0.05, 0.1) is 23.4 Å². The molecule has 26 heavy (non-hydrogen) atoms. The van der Waals surface area contributed by atoms with Gasteiger partial charge in [0.25, 0.3) is 0 Å². The van der Waals surface area contributed by atoms with Crippen molar-refractivity contribution in [2.75, 3.05) is 5.32 Å². The second-order valence-electron chi connectivity index (χ2n) is 5.75. The Kier molecular flexibility index (Phi) is 4.26. The molecule has 0 radical (unpaired) electrons. The largest absolute Gasteiger partial charge is 0.339 e. The molecule has 0 fully saturated rings. The van der Waals surface area contributed by atoms with Gasteiger partial charge in [-0.3, -0.25) is 9.55 Å². The predicted molar refractivity (Wildman–Crippen MR) is 101 cm³/mol. The molecule has 2 aromatic carbocycles. The molecule has 2 heterocycles. The van der Waals surface area contributed by atoms with Gasteiger partial charge in [0.1, 0.15) is 11.6 Å². The number of aromatic nitrogens is 4. The van der Waals surface area contributed by atoms with Crippen LogP contribution < -0.4 is 5.32 Å². The van der Waals surface area contributed by atoms with Crippen LogP contribution in [0.25, 0.3) is 16.9 Å². The second-order valence-corrected chi connectivity index (χ2v) is 6.18. The van der Waals surface area contributed by atoms with Gasteiger partial charge in [-0.05, 0) is 30.3 Å². The number of halogens is 2. The Morgan fingerprint density at radius 1 is 1.12 bits per heavy atom. The number of nitrogens with one attached hydrogen (secondary N) is 1. The van der Waals surface area contributed by atoms with E-state index in [1.165, 1.54) is 12.1 Å². The first-order chi connectivity index (χ1) is 12.6. The van der Waals surface area contributed by atoms with Gasteiger partial charge < -0.3 is 5.32 Å². The van der Waals surface area contributed by atoms with Gasteiger partial charge in [0.15, 0.2) is 11.6 Å². The minimum atomic E-state index is -0.317. The SMILES string of the molecule is CCc1nc2ccc(F)cc2n1-c1cncc(Nc2cccc(Cl)c2)n1. The molecule has 4 aromatic rings. The van der Waals surface area contributed by atoms with Crippen molar-refractivity contribution < 1.29 is 4.39 Å². The average molecular weight is 368 g/mol. The topological polar surface area (TPSA) is 55.6 Å².